The van der Waals surface area contributed by atoms with Gasteiger partial charge in [0.25, 0.3) is 10.0 Å². The Bertz CT molecular complexity index is 748. The molecule has 0 radical (unpaired) electrons. The molecular weight excluding hydrogens is 312 g/mol. The summed E-state index contributed by atoms with van der Waals surface area (Å²) < 4.78 is 32.2. The van der Waals surface area contributed by atoms with E-state index in [0.29, 0.717) is 18.0 Å². The van der Waals surface area contributed by atoms with Crippen molar-refractivity contribution in [1.82, 2.24) is 0 Å². The summed E-state index contributed by atoms with van der Waals surface area (Å²) in [5.74, 6) is 0. The summed E-state index contributed by atoms with van der Waals surface area (Å²) in [6.45, 7) is 0.401. The lowest BCUT2D eigenvalue weighted by Crippen LogP contribution is -2.13. The van der Waals surface area contributed by atoms with Crippen LogP contribution in [0.4, 0.5) is 11.4 Å². The van der Waals surface area contributed by atoms with Gasteiger partial charge in [0.15, 0.2) is 0 Å². The highest BCUT2D eigenvalue weighted by Crippen LogP contribution is 2.26. The van der Waals surface area contributed by atoms with Crippen LogP contribution in [-0.2, 0) is 21.4 Å². The van der Waals surface area contributed by atoms with Crippen LogP contribution in [0.5, 0.6) is 0 Å². The Labute approximate surface area is 128 Å². The van der Waals surface area contributed by atoms with Gasteiger partial charge in [0.1, 0.15) is 4.90 Å². The summed E-state index contributed by atoms with van der Waals surface area (Å²) >= 11 is 5.94. The zero-order chi connectivity index (χ0) is 15.5. The highest BCUT2D eigenvalue weighted by atomic mass is 35.5. The number of nitrogens with two attached hydrogens (primary N) is 1. The lowest BCUT2D eigenvalue weighted by molar-refractivity contribution is 0.185. The fourth-order valence-corrected chi connectivity index (χ4v) is 3.44. The van der Waals surface area contributed by atoms with Crippen molar-refractivity contribution >= 4 is 33.0 Å². The van der Waals surface area contributed by atoms with Gasteiger partial charge >= 0.3 is 0 Å². The second-order valence-corrected chi connectivity index (χ2v) is 6.49. The second kappa shape index (κ2) is 6.34. The third-order valence-corrected chi connectivity index (χ3v) is 4.60. The Kier molecular flexibility index (Phi) is 4.72. The summed E-state index contributed by atoms with van der Waals surface area (Å²) in [7, 11) is -2.20. The van der Waals surface area contributed by atoms with Gasteiger partial charge in [-0.1, -0.05) is 23.7 Å². The number of hydrogen-bond donors (Lipinski definition) is 2. The van der Waals surface area contributed by atoms with E-state index in [1.165, 1.54) is 18.2 Å². The van der Waals surface area contributed by atoms with E-state index in [0.717, 1.165) is 5.56 Å². The molecule has 0 aliphatic carbocycles. The van der Waals surface area contributed by atoms with Crippen molar-refractivity contribution in [2.75, 3.05) is 17.6 Å². The van der Waals surface area contributed by atoms with Gasteiger partial charge in [-0.05, 0) is 35.9 Å². The van der Waals surface area contributed by atoms with Crippen molar-refractivity contribution in [3.05, 3.63) is 53.1 Å². The minimum absolute atomic E-state index is 0.0180. The van der Waals surface area contributed by atoms with E-state index in [9.17, 15) is 8.42 Å². The number of benzene rings is 2. The van der Waals surface area contributed by atoms with Crippen molar-refractivity contribution in [1.29, 1.82) is 0 Å². The van der Waals surface area contributed by atoms with Crippen LogP contribution in [0, 0.1) is 0 Å². The molecule has 2 aromatic carbocycles. The Morgan fingerprint density at radius 3 is 2.67 bits per heavy atom. The number of anilines is 2. The molecule has 0 unspecified atom stereocenters. The number of halogens is 1. The summed E-state index contributed by atoms with van der Waals surface area (Å²) in [5, 5.41) is 0.0792. The summed E-state index contributed by atoms with van der Waals surface area (Å²) in [5.41, 5.74) is 7.27. The van der Waals surface area contributed by atoms with Gasteiger partial charge < -0.3 is 10.5 Å². The zero-order valence-electron chi connectivity index (χ0n) is 11.3. The molecule has 0 atom stereocenters. The van der Waals surface area contributed by atoms with E-state index in [1.54, 1.807) is 25.3 Å². The molecule has 3 N–H and O–H groups in total. The van der Waals surface area contributed by atoms with E-state index in [1.807, 2.05) is 6.07 Å². The number of methoxy groups -OCH3 is 1. The third-order valence-electron chi connectivity index (χ3n) is 2.74. The number of nitrogen functional groups attached to an aromatic ring is 1. The number of sulfonamides is 1. The van der Waals surface area contributed by atoms with Gasteiger partial charge in [0.2, 0.25) is 0 Å². The van der Waals surface area contributed by atoms with E-state index < -0.39 is 10.0 Å². The molecule has 0 heterocycles. The number of rotatable bonds is 5. The fourth-order valence-electron chi connectivity index (χ4n) is 1.84. The first-order valence-corrected chi connectivity index (χ1v) is 7.94. The second-order valence-electron chi connectivity index (χ2n) is 4.43. The molecule has 7 heteroatoms. The van der Waals surface area contributed by atoms with Crippen LogP contribution < -0.4 is 10.5 Å². The van der Waals surface area contributed by atoms with Crippen LogP contribution in [0.25, 0.3) is 0 Å². The lowest BCUT2D eigenvalue weighted by Gasteiger charge is -2.11. The van der Waals surface area contributed by atoms with Crippen molar-refractivity contribution in [3.8, 4) is 0 Å². The van der Waals surface area contributed by atoms with Crippen molar-refractivity contribution in [3.63, 3.8) is 0 Å². The SMILES string of the molecule is COCc1cccc(NS(=O)(=O)c2ccc(N)cc2Cl)c1. The normalized spacial score (nSPS) is 11.3. The standard InChI is InChI=1S/C14H15ClN2O3S/c1-20-9-10-3-2-4-12(7-10)17-21(18,19)14-6-5-11(16)8-13(14)15/h2-8,17H,9,16H2,1H3. The first-order valence-electron chi connectivity index (χ1n) is 6.08. The fraction of sp³-hybridized carbons (Fsp3) is 0.143. The predicted molar refractivity (Wildman–Crippen MR) is 83.8 cm³/mol. The lowest BCUT2D eigenvalue weighted by atomic mass is 10.2. The van der Waals surface area contributed by atoms with Gasteiger partial charge in [0, 0.05) is 18.5 Å². The Hall–Kier alpha value is -1.76. The van der Waals surface area contributed by atoms with Gasteiger partial charge in [-0.15, -0.1) is 0 Å². The van der Waals surface area contributed by atoms with E-state index in [2.05, 4.69) is 4.72 Å². The summed E-state index contributed by atoms with van der Waals surface area (Å²) in [6.07, 6.45) is 0. The smallest absolute Gasteiger partial charge is 0.263 e. The monoisotopic (exact) mass is 326 g/mol. The molecule has 0 aromatic heterocycles. The molecule has 0 aliphatic rings. The minimum atomic E-state index is -3.77. The van der Waals surface area contributed by atoms with Gasteiger partial charge in [0.05, 0.1) is 11.6 Å². The molecule has 5 nitrogen and oxygen atoms in total. The van der Waals surface area contributed by atoms with Crippen LogP contribution in [0.2, 0.25) is 5.02 Å². The molecule has 112 valence electrons. The minimum Gasteiger partial charge on any atom is -0.399 e. The van der Waals surface area contributed by atoms with Crippen LogP contribution in [-0.4, -0.2) is 15.5 Å². The first-order chi connectivity index (χ1) is 9.92. The summed E-state index contributed by atoms with van der Waals surface area (Å²) in [6, 6.07) is 11.2. The molecule has 0 fully saturated rings. The van der Waals surface area contributed by atoms with Crippen molar-refractivity contribution in [2.45, 2.75) is 11.5 Å². The summed E-state index contributed by atoms with van der Waals surface area (Å²) in [4.78, 5) is -0.0180. The highest BCUT2D eigenvalue weighted by Gasteiger charge is 2.18. The molecule has 21 heavy (non-hydrogen) atoms. The van der Waals surface area contributed by atoms with Crippen LogP contribution in [0.1, 0.15) is 5.56 Å². The third kappa shape index (κ3) is 3.87. The van der Waals surface area contributed by atoms with Crippen molar-refractivity contribution in [2.24, 2.45) is 0 Å². The molecule has 0 spiro atoms. The van der Waals surface area contributed by atoms with E-state index >= 15 is 0 Å². The number of ether oxygens (including phenoxy) is 1. The number of hydrogen-bond acceptors (Lipinski definition) is 4. The quantitative estimate of drug-likeness (QED) is 0.828. The largest absolute Gasteiger partial charge is 0.399 e. The van der Waals surface area contributed by atoms with Gasteiger partial charge in [-0.25, -0.2) is 8.42 Å². The molecule has 0 amide bonds. The molecule has 0 bridgehead atoms. The maximum absolute atomic E-state index is 12.3. The topological polar surface area (TPSA) is 81.4 Å². The van der Waals surface area contributed by atoms with Gasteiger partial charge in [-0.2, -0.15) is 0 Å². The average Bonchev–Trinajstić information content (AvgIpc) is 2.38. The Morgan fingerprint density at radius 1 is 1.24 bits per heavy atom. The van der Waals surface area contributed by atoms with E-state index in [4.69, 9.17) is 22.1 Å². The van der Waals surface area contributed by atoms with E-state index in [-0.39, 0.29) is 9.92 Å². The molecular formula is C14H15ClN2O3S. The molecule has 2 aromatic rings. The maximum Gasteiger partial charge on any atom is 0.263 e. The van der Waals surface area contributed by atoms with Crippen LogP contribution in [0.3, 0.4) is 0 Å². The maximum atomic E-state index is 12.3. The number of nitrogens with one attached hydrogen (secondary N) is 1. The van der Waals surface area contributed by atoms with Crippen LogP contribution in [0.15, 0.2) is 47.4 Å². The zero-order valence-corrected chi connectivity index (χ0v) is 12.9. The molecule has 2 rings (SSSR count). The molecule has 0 saturated carbocycles. The molecule has 0 aliphatic heterocycles. The first kappa shape index (κ1) is 15.6. The van der Waals surface area contributed by atoms with Gasteiger partial charge in [-0.3, -0.25) is 4.72 Å². The average molecular weight is 327 g/mol. The Balaban J connectivity index is 2.31. The molecule has 0 saturated heterocycles. The Morgan fingerprint density at radius 2 is 2.00 bits per heavy atom. The highest BCUT2D eigenvalue weighted by molar-refractivity contribution is 7.92. The van der Waals surface area contributed by atoms with Crippen LogP contribution >= 0.6 is 11.6 Å². The predicted octanol–water partition coefficient (Wildman–Crippen LogP) is 2.87. The van der Waals surface area contributed by atoms with Crippen molar-refractivity contribution < 1.29 is 13.2 Å².